The second kappa shape index (κ2) is 5.55. The van der Waals surface area contributed by atoms with Crippen molar-refractivity contribution >= 4 is 26.6 Å². The van der Waals surface area contributed by atoms with E-state index < -0.39 is 15.3 Å². The zero-order valence-electron chi connectivity index (χ0n) is 11.9. The first-order valence-corrected chi connectivity index (χ1v) is 8.66. The molecule has 1 aromatic carbocycles. The number of fused-ring (bicyclic) bond motifs is 1. The van der Waals surface area contributed by atoms with E-state index in [-0.39, 0.29) is 0 Å². The monoisotopic (exact) mass is 316 g/mol. The van der Waals surface area contributed by atoms with Crippen molar-refractivity contribution in [2.75, 3.05) is 18.0 Å². The summed E-state index contributed by atoms with van der Waals surface area (Å²) in [6.45, 7) is 1.19. The number of hydrogen-bond donors (Lipinski definition) is 1. The Morgan fingerprint density at radius 2 is 1.95 bits per heavy atom. The lowest BCUT2D eigenvalue weighted by atomic mass is 10.1. The molecule has 0 aliphatic carbocycles. The van der Waals surface area contributed by atoms with Crippen LogP contribution in [0.3, 0.4) is 0 Å². The fourth-order valence-electron chi connectivity index (χ4n) is 2.90. The van der Waals surface area contributed by atoms with E-state index in [4.69, 9.17) is 10.4 Å². The van der Waals surface area contributed by atoms with E-state index >= 15 is 0 Å². The zero-order valence-corrected chi connectivity index (χ0v) is 12.8. The molecule has 3 rings (SSSR count). The van der Waals surface area contributed by atoms with Crippen molar-refractivity contribution in [2.24, 2.45) is 5.14 Å². The van der Waals surface area contributed by atoms with Crippen molar-refractivity contribution < 1.29 is 8.42 Å². The normalized spacial score (nSPS) is 16.6. The molecular formula is C15H16N4O2S. The van der Waals surface area contributed by atoms with Gasteiger partial charge in [-0.3, -0.25) is 0 Å². The van der Waals surface area contributed by atoms with Crippen molar-refractivity contribution in [3.63, 3.8) is 0 Å². The third-order valence-electron chi connectivity index (χ3n) is 4.06. The van der Waals surface area contributed by atoms with Gasteiger partial charge in [0, 0.05) is 24.2 Å². The van der Waals surface area contributed by atoms with Gasteiger partial charge in [0.25, 0.3) is 0 Å². The maximum Gasteiger partial charge on any atom is 0.212 e. The number of aromatic nitrogens is 1. The molecule has 22 heavy (non-hydrogen) atoms. The van der Waals surface area contributed by atoms with Gasteiger partial charge in [-0.1, -0.05) is 18.2 Å². The molecule has 0 radical (unpaired) electrons. The predicted molar refractivity (Wildman–Crippen MR) is 84.8 cm³/mol. The lowest BCUT2D eigenvalue weighted by Crippen LogP contribution is -2.41. The summed E-state index contributed by atoms with van der Waals surface area (Å²) >= 11 is 0. The molecule has 2 heterocycles. The Hall–Kier alpha value is -2.17. The Bertz CT molecular complexity index is 849. The molecule has 1 aliphatic heterocycles. The Labute approximate surface area is 129 Å². The fourth-order valence-corrected chi connectivity index (χ4v) is 3.77. The molecule has 0 atom stereocenters. The highest BCUT2D eigenvalue weighted by Gasteiger charge is 2.28. The maximum atomic E-state index is 11.4. The number of sulfonamides is 1. The quantitative estimate of drug-likeness (QED) is 0.901. The molecule has 2 aromatic rings. The molecule has 1 saturated heterocycles. The summed E-state index contributed by atoms with van der Waals surface area (Å²) in [5.74, 6) is 0. The first-order chi connectivity index (χ1) is 10.5. The highest BCUT2D eigenvalue weighted by molar-refractivity contribution is 7.89. The molecule has 0 unspecified atom stereocenters. The van der Waals surface area contributed by atoms with Gasteiger partial charge in [-0.25, -0.2) is 18.5 Å². The van der Waals surface area contributed by atoms with Crippen molar-refractivity contribution in [1.29, 1.82) is 5.26 Å². The van der Waals surface area contributed by atoms with E-state index in [1.54, 1.807) is 6.07 Å². The number of anilines is 1. The lowest BCUT2D eigenvalue weighted by molar-refractivity contribution is 0.531. The van der Waals surface area contributed by atoms with Crippen LogP contribution in [0.4, 0.5) is 5.69 Å². The maximum absolute atomic E-state index is 11.4. The van der Waals surface area contributed by atoms with Crippen LogP contribution in [0.25, 0.3) is 10.9 Å². The smallest absolute Gasteiger partial charge is 0.212 e. The second-order valence-electron chi connectivity index (χ2n) is 5.43. The highest BCUT2D eigenvalue weighted by Crippen LogP contribution is 2.29. The number of hydrogen-bond acceptors (Lipinski definition) is 5. The van der Waals surface area contributed by atoms with Gasteiger partial charge in [0.15, 0.2) is 0 Å². The van der Waals surface area contributed by atoms with Crippen molar-refractivity contribution in [3.8, 4) is 6.07 Å². The molecule has 1 aliphatic rings. The van der Waals surface area contributed by atoms with Gasteiger partial charge < -0.3 is 4.90 Å². The van der Waals surface area contributed by atoms with Gasteiger partial charge in [-0.15, -0.1) is 0 Å². The van der Waals surface area contributed by atoms with Gasteiger partial charge in [-0.05, 0) is 25.0 Å². The summed E-state index contributed by atoms with van der Waals surface area (Å²) in [4.78, 5) is 6.40. The van der Waals surface area contributed by atoms with Gasteiger partial charge >= 0.3 is 0 Å². The molecule has 2 N–H and O–H groups in total. The van der Waals surface area contributed by atoms with Crippen molar-refractivity contribution in [3.05, 3.63) is 36.0 Å². The number of rotatable bonds is 2. The minimum Gasteiger partial charge on any atom is -0.371 e. The second-order valence-corrected chi connectivity index (χ2v) is 7.28. The van der Waals surface area contributed by atoms with Gasteiger partial charge in [0.2, 0.25) is 10.0 Å². The van der Waals surface area contributed by atoms with Crippen LogP contribution in [0.5, 0.6) is 0 Å². The van der Waals surface area contributed by atoms with Crippen LogP contribution < -0.4 is 10.0 Å². The summed E-state index contributed by atoms with van der Waals surface area (Å²) in [6, 6.07) is 11.5. The number of para-hydroxylation sites is 1. The SMILES string of the molecule is N#Cc1cc(N2CCC(S(N)(=O)=O)CC2)c2ccccc2n1. The number of benzene rings is 1. The highest BCUT2D eigenvalue weighted by atomic mass is 32.2. The largest absolute Gasteiger partial charge is 0.371 e. The number of nitrogens with two attached hydrogens (primary N) is 1. The van der Waals surface area contributed by atoms with Crippen LogP contribution in [0.2, 0.25) is 0 Å². The Morgan fingerprint density at radius 3 is 2.59 bits per heavy atom. The third-order valence-corrected chi connectivity index (χ3v) is 5.46. The molecule has 0 amide bonds. The topological polar surface area (TPSA) is 100 Å². The lowest BCUT2D eigenvalue weighted by Gasteiger charge is -2.33. The standard InChI is InChI=1S/C15H16N4O2S/c16-10-11-9-15(13-3-1-2-4-14(13)18-11)19-7-5-12(6-8-19)22(17,20)21/h1-4,9,12H,5-8H2,(H2,17,20,21). The zero-order chi connectivity index (χ0) is 15.7. The van der Waals surface area contributed by atoms with E-state index in [1.165, 1.54) is 0 Å². The van der Waals surface area contributed by atoms with Gasteiger partial charge in [0.1, 0.15) is 11.8 Å². The van der Waals surface area contributed by atoms with Crippen LogP contribution in [0.15, 0.2) is 30.3 Å². The van der Waals surface area contributed by atoms with E-state index in [1.807, 2.05) is 24.3 Å². The first-order valence-electron chi connectivity index (χ1n) is 7.05. The Kier molecular flexibility index (Phi) is 3.72. The fraction of sp³-hybridized carbons (Fsp3) is 0.333. The first kappa shape index (κ1) is 14.8. The van der Waals surface area contributed by atoms with Crippen LogP contribution in [0, 0.1) is 11.3 Å². The Balaban J connectivity index is 1.96. The van der Waals surface area contributed by atoms with E-state index in [2.05, 4.69) is 16.0 Å². The number of piperidine rings is 1. The van der Waals surface area contributed by atoms with E-state index in [0.29, 0.717) is 31.6 Å². The molecule has 114 valence electrons. The molecule has 1 fully saturated rings. The van der Waals surface area contributed by atoms with E-state index in [0.717, 1.165) is 16.6 Å². The number of nitriles is 1. The van der Waals surface area contributed by atoms with Gasteiger partial charge in [-0.2, -0.15) is 5.26 Å². The molecule has 7 heteroatoms. The summed E-state index contributed by atoms with van der Waals surface area (Å²) in [5, 5.41) is 14.9. The Morgan fingerprint density at radius 1 is 1.27 bits per heavy atom. The minimum absolute atomic E-state index is 0.363. The van der Waals surface area contributed by atoms with Crippen LogP contribution in [-0.4, -0.2) is 31.7 Å². The third kappa shape index (κ3) is 2.75. The molecule has 0 saturated carbocycles. The van der Waals surface area contributed by atoms with Crippen LogP contribution in [-0.2, 0) is 10.0 Å². The number of nitrogens with zero attached hydrogens (tertiary/aromatic N) is 3. The van der Waals surface area contributed by atoms with Crippen LogP contribution in [0.1, 0.15) is 18.5 Å². The summed E-state index contributed by atoms with van der Waals surface area (Å²) in [7, 11) is -3.48. The summed E-state index contributed by atoms with van der Waals surface area (Å²) in [5.41, 5.74) is 2.06. The molecular weight excluding hydrogens is 300 g/mol. The van der Waals surface area contributed by atoms with Gasteiger partial charge in [0.05, 0.1) is 10.8 Å². The molecule has 1 aromatic heterocycles. The van der Waals surface area contributed by atoms with Crippen LogP contribution >= 0.6 is 0 Å². The molecule has 6 nitrogen and oxygen atoms in total. The summed E-state index contributed by atoms with van der Waals surface area (Å²) < 4.78 is 22.9. The predicted octanol–water partition coefficient (Wildman–Crippen LogP) is 1.36. The number of primary sulfonamides is 1. The molecule has 0 bridgehead atoms. The minimum atomic E-state index is -3.48. The molecule has 0 spiro atoms. The average Bonchev–Trinajstić information content (AvgIpc) is 2.53. The van der Waals surface area contributed by atoms with Crippen molar-refractivity contribution in [1.82, 2.24) is 4.98 Å². The van der Waals surface area contributed by atoms with Crippen molar-refractivity contribution in [2.45, 2.75) is 18.1 Å². The van der Waals surface area contributed by atoms with E-state index in [9.17, 15) is 8.42 Å². The average molecular weight is 316 g/mol. The number of pyridine rings is 1. The summed E-state index contributed by atoms with van der Waals surface area (Å²) in [6.07, 6.45) is 0.995.